The maximum Gasteiger partial charge on any atom is 0.327 e. The second-order valence-corrected chi connectivity index (χ2v) is 7.34. The van der Waals surface area contributed by atoms with Crippen molar-refractivity contribution in [2.45, 2.75) is 19.9 Å². The molecule has 1 atom stereocenters. The number of thioether (sulfide) groups is 1. The average molecular weight is 381 g/mol. The van der Waals surface area contributed by atoms with Gasteiger partial charge in [-0.25, -0.2) is 4.79 Å². The Labute approximate surface area is 155 Å². The molecule has 0 spiro atoms. The third-order valence-corrected chi connectivity index (χ3v) is 5.04. The van der Waals surface area contributed by atoms with Crippen molar-refractivity contribution in [2.75, 3.05) is 14.2 Å². The summed E-state index contributed by atoms with van der Waals surface area (Å²) >= 11 is 6.33. The van der Waals surface area contributed by atoms with Gasteiger partial charge < -0.3 is 14.6 Å². The number of carboxylic acid groups (broad SMARTS) is 1. The summed E-state index contributed by atoms with van der Waals surface area (Å²) in [6.07, 6.45) is 1.64. The lowest BCUT2D eigenvalue weighted by atomic mass is 10.0. The number of hydrogen-bond acceptors (Lipinski definition) is 6. The summed E-state index contributed by atoms with van der Waals surface area (Å²) in [6.45, 7) is 3.48. The van der Waals surface area contributed by atoms with Gasteiger partial charge in [-0.3, -0.25) is 9.69 Å². The summed E-state index contributed by atoms with van der Waals surface area (Å²) in [5, 5.41) is 9.45. The number of methoxy groups -OCH3 is 2. The molecule has 1 aromatic carbocycles. The van der Waals surface area contributed by atoms with Gasteiger partial charge in [-0.1, -0.05) is 50.0 Å². The van der Waals surface area contributed by atoms with E-state index >= 15 is 0 Å². The number of hydrogen-bond donors (Lipinski definition) is 1. The Hall–Kier alpha value is -2.06. The van der Waals surface area contributed by atoms with Gasteiger partial charge in [0.2, 0.25) is 0 Å². The number of carbonyl (C=O) groups is 2. The number of aliphatic carboxylic acids is 1. The molecule has 25 heavy (non-hydrogen) atoms. The highest BCUT2D eigenvalue weighted by atomic mass is 32.2. The summed E-state index contributed by atoms with van der Waals surface area (Å²) in [5.74, 6) is -0.732. The number of benzene rings is 1. The summed E-state index contributed by atoms with van der Waals surface area (Å²) in [5.41, 5.74) is 0.652. The van der Waals surface area contributed by atoms with Gasteiger partial charge in [0.05, 0.1) is 19.1 Å². The fourth-order valence-corrected chi connectivity index (χ4v) is 3.90. The quantitative estimate of drug-likeness (QED) is 0.599. The SMILES string of the molecule is COc1cccc(/C=C2\SC(=S)N([C@H](C(=O)O)C(C)C)C2=O)c1OC. The van der Waals surface area contributed by atoms with E-state index in [9.17, 15) is 14.7 Å². The molecule has 2 rings (SSSR count). The Morgan fingerprint density at radius 3 is 2.52 bits per heavy atom. The first-order valence-corrected chi connectivity index (χ1v) is 8.75. The topological polar surface area (TPSA) is 76.1 Å². The number of carboxylic acids is 1. The Kier molecular flexibility index (Phi) is 6.07. The van der Waals surface area contributed by atoms with Gasteiger partial charge in [-0.15, -0.1) is 0 Å². The van der Waals surface area contributed by atoms with Crippen molar-refractivity contribution in [3.05, 3.63) is 28.7 Å². The molecular formula is C17H19NO5S2. The van der Waals surface area contributed by atoms with E-state index in [0.29, 0.717) is 22.0 Å². The number of ether oxygens (including phenoxy) is 2. The van der Waals surface area contributed by atoms with Gasteiger partial charge >= 0.3 is 5.97 Å². The molecule has 0 bridgehead atoms. The van der Waals surface area contributed by atoms with E-state index in [0.717, 1.165) is 11.8 Å². The van der Waals surface area contributed by atoms with Gasteiger partial charge in [0.1, 0.15) is 10.4 Å². The van der Waals surface area contributed by atoms with E-state index in [-0.39, 0.29) is 10.2 Å². The van der Waals surface area contributed by atoms with Crippen molar-refractivity contribution in [1.29, 1.82) is 0 Å². The molecule has 134 valence electrons. The molecule has 0 unspecified atom stereocenters. The predicted octanol–water partition coefficient (Wildman–Crippen LogP) is 3.01. The number of thiocarbonyl (C=S) groups is 1. The number of nitrogens with zero attached hydrogens (tertiary/aromatic N) is 1. The predicted molar refractivity (Wildman–Crippen MR) is 101 cm³/mol. The number of amides is 1. The van der Waals surface area contributed by atoms with Crippen LogP contribution >= 0.6 is 24.0 Å². The fraction of sp³-hybridized carbons (Fsp3) is 0.353. The lowest BCUT2D eigenvalue weighted by molar-refractivity contribution is -0.146. The van der Waals surface area contributed by atoms with Gasteiger partial charge in [0.15, 0.2) is 11.5 Å². The zero-order valence-corrected chi connectivity index (χ0v) is 15.9. The molecule has 6 nitrogen and oxygen atoms in total. The van der Waals surface area contributed by atoms with E-state index in [2.05, 4.69) is 0 Å². The van der Waals surface area contributed by atoms with Crippen LogP contribution in [0.4, 0.5) is 0 Å². The molecule has 1 aliphatic rings. The lowest BCUT2D eigenvalue weighted by Gasteiger charge is -2.26. The largest absolute Gasteiger partial charge is 0.493 e. The minimum atomic E-state index is -1.08. The Morgan fingerprint density at radius 2 is 2.00 bits per heavy atom. The first-order chi connectivity index (χ1) is 11.8. The Bertz CT molecular complexity index is 745. The van der Waals surface area contributed by atoms with E-state index < -0.39 is 17.9 Å². The molecular weight excluding hydrogens is 362 g/mol. The van der Waals surface area contributed by atoms with Crippen LogP contribution in [0.25, 0.3) is 6.08 Å². The first kappa shape index (κ1) is 19.3. The van der Waals surface area contributed by atoms with Crippen LogP contribution in [0, 0.1) is 5.92 Å². The highest BCUT2D eigenvalue weighted by Gasteiger charge is 2.42. The molecule has 1 N–H and O–H groups in total. The summed E-state index contributed by atoms with van der Waals surface area (Å²) in [4.78, 5) is 25.8. The van der Waals surface area contributed by atoms with E-state index in [1.807, 2.05) is 0 Å². The van der Waals surface area contributed by atoms with Crippen molar-refractivity contribution in [3.63, 3.8) is 0 Å². The zero-order valence-electron chi connectivity index (χ0n) is 14.3. The number of carbonyl (C=O) groups excluding carboxylic acids is 1. The summed E-state index contributed by atoms with van der Waals surface area (Å²) in [6, 6.07) is 4.32. The van der Waals surface area contributed by atoms with Crippen LogP contribution < -0.4 is 9.47 Å². The molecule has 1 aromatic rings. The first-order valence-electron chi connectivity index (χ1n) is 7.52. The van der Waals surface area contributed by atoms with Crippen LogP contribution in [0.1, 0.15) is 19.4 Å². The minimum Gasteiger partial charge on any atom is -0.493 e. The monoisotopic (exact) mass is 381 g/mol. The van der Waals surface area contributed by atoms with Crippen LogP contribution in [0.3, 0.4) is 0 Å². The fourth-order valence-electron chi connectivity index (χ4n) is 2.58. The van der Waals surface area contributed by atoms with Crippen molar-refractivity contribution in [2.24, 2.45) is 5.92 Å². The molecule has 1 saturated heterocycles. The van der Waals surface area contributed by atoms with Crippen molar-refractivity contribution >= 4 is 46.3 Å². The molecule has 8 heteroatoms. The van der Waals surface area contributed by atoms with Crippen LogP contribution in [0.5, 0.6) is 11.5 Å². The molecule has 1 aliphatic heterocycles. The third kappa shape index (κ3) is 3.80. The second-order valence-electron chi connectivity index (χ2n) is 5.66. The summed E-state index contributed by atoms with van der Waals surface area (Å²) < 4.78 is 10.8. The van der Waals surface area contributed by atoms with E-state index in [4.69, 9.17) is 21.7 Å². The Morgan fingerprint density at radius 1 is 1.32 bits per heavy atom. The van der Waals surface area contributed by atoms with E-state index in [1.165, 1.54) is 19.1 Å². The highest BCUT2D eigenvalue weighted by molar-refractivity contribution is 8.26. The standard InChI is InChI=1S/C17H19NO5S2/c1-9(2)13(16(20)21)18-15(19)12(25-17(18)24)8-10-6-5-7-11(22-3)14(10)23-4/h5-9,13H,1-4H3,(H,20,21)/b12-8-/t13-/m0/s1. The second kappa shape index (κ2) is 7.88. The maximum absolute atomic E-state index is 12.7. The normalized spacial score (nSPS) is 17.3. The molecule has 0 aromatic heterocycles. The maximum atomic E-state index is 12.7. The van der Waals surface area contributed by atoms with Crippen molar-refractivity contribution in [3.8, 4) is 11.5 Å². The highest BCUT2D eigenvalue weighted by Crippen LogP contribution is 2.38. The molecule has 1 amide bonds. The molecule has 0 saturated carbocycles. The van der Waals surface area contributed by atoms with Crippen molar-refractivity contribution in [1.82, 2.24) is 4.90 Å². The zero-order chi connectivity index (χ0) is 18.7. The van der Waals surface area contributed by atoms with E-state index in [1.54, 1.807) is 38.1 Å². The molecule has 1 heterocycles. The lowest BCUT2D eigenvalue weighted by Crippen LogP contribution is -2.47. The molecule has 1 fully saturated rings. The molecule has 0 aliphatic carbocycles. The number of para-hydroxylation sites is 1. The van der Waals surface area contributed by atoms with Crippen LogP contribution in [-0.2, 0) is 9.59 Å². The smallest absolute Gasteiger partial charge is 0.327 e. The third-order valence-electron chi connectivity index (χ3n) is 3.71. The van der Waals surface area contributed by atoms with Crippen molar-refractivity contribution < 1.29 is 24.2 Å². The Balaban J connectivity index is 2.43. The van der Waals surface area contributed by atoms with Gasteiger partial charge in [-0.05, 0) is 18.1 Å². The molecule has 0 radical (unpaired) electrons. The minimum absolute atomic E-state index is 0.235. The summed E-state index contributed by atoms with van der Waals surface area (Å²) in [7, 11) is 3.04. The van der Waals surface area contributed by atoms with Gasteiger partial charge in [0.25, 0.3) is 5.91 Å². The van der Waals surface area contributed by atoms with Crippen LogP contribution in [-0.4, -0.2) is 46.5 Å². The van der Waals surface area contributed by atoms with Gasteiger partial charge in [0, 0.05) is 5.56 Å². The van der Waals surface area contributed by atoms with Gasteiger partial charge in [-0.2, -0.15) is 0 Å². The number of rotatable bonds is 6. The van der Waals surface area contributed by atoms with Crippen LogP contribution in [0.2, 0.25) is 0 Å². The van der Waals surface area contributed by atoms with Crippen LogP contribution in [0.15, 0.2) is 23.1 Å². The average Bonchev–Trinajstić information content (AvgIpc) is 2.82.